The van der Waals surface area contributed by atoms with E-state index < -0.39 is 16.1 Å². The number of nitrogens with two attached hydrogens (primary N) is 1. The number of hydrogen-bond donors (Lipinski definition) is 2. The van der Waals surface area contributed by atoms with Crippen LogP contribution in [0.15, 0.2) is 29.2 Å². The van der Waals surface area contributed by atoms with E-state index in [0.29, 0.717) is 5.56 Å². The maximum atomic E-state index is 11.0. The number of rotatable bonds is 4. The van der Waals surface area contributed by atoms with Crippen LogP contribution < -0.4 is 5.14 Å². The molecular weight excluding hydrogens is 216 g/mol. The zero-order valence-corrected chi connectivity index (χ0v) is 8.99. The van der Waals surface area contributed by atoms with Crippen molar-refractivity contribution in [3.8, 4) is 0 Å². The standard InChI is InChI=1S/C9H12N2O3S/c1-14-9(6-10)7-2-4-8(5-3-7)15(11,12)13/h2-6,9-10H,1H3,(H2,11,12,13). The highest BCUT2D eigenvalue weighted by Gasteiger charge is 2.10. The number of ether oxygens (including phenoxy) is 1. The predicted octanol–water partition coefficient (Wildman–Crippen LogP) is 0.671. The van der Waals surface area contributed by atoms with Crippen LogP contribution in [0.1, 0.15) is 11.7 Å². The summed E-state index contributed by atoms with van der Waals surface area (Å²) in [5, 5.41) is 12.0. The Labute approximate surface area is 88.4 Å². The maximum absolute atomic E-state index is 11.0. The van der Waals surface area contributed by atoms with E-state index in [4.69, 9.17) is 15.3 Å². The molecule has 1 atom stereocenters. The molecule has 0 aliphatic carbocycles. The SMILES string of the molecule is COC(C=N)c1ccc(S(N)(=O)=O)cc1. The topological polar surface area (TPSA) is 93.2 Å². The fourth-order valence-corrected chi connectivity index (χ4v) is 1.66. The molecule has 6 heteroatoms. The molecule has 0 saturated heterocycles. The largest absolute Gasteiger partial charge is 0.371 e. The average molecular weight is 228 g/mol. The molecule has 0 aliphatic heterocycles. The van der Waals surface area contributed by atoms with Gasteiger partial charge >= 0.3 is 0 Å². The molecule has 0 bridgehead atoms. The third-order valence-corrected chi connectivity index (χ3v) is 2.87. The van der Waals surface area contributed by atoms with Gasteiger partial charge in [0.2, 0.25) is 10.0 Å². The van der Waals surface area contributed by atoms with Gasteiger partial charge in [0.05, 0.1) is 4.90 Å². The second-order valence-corrected chi connectivity index (χ2v) is 4.50. The number of hydrogen-bond acceptors (Lipinski definition) is 4. The second kappa shape index (κ2) is 4.52. The van der Waals surface area contributed by atoms with Crippen LogP contribution in [0.3, 0.4) is 0 Å². The van der Waals surface area contributed by atoms with Crippen molar-refractivity contribution >= 4 is 16.2 Å². The van der Waals surface area contributed by atoms with Crippen LogP contribution in [-0.2, 0) is 14.8 Å². The van der Waals surface area contributed by atoms with E-state index >= 15 is 0 Å². The first-order valence-corrected chi connectivity index (χ1v) is 5.70. The highest BCUT2D eigenvalue weighted by molar-refractivity contribution is 7.89. The quantitative estimate of drug-likeness (QED) is 0.742. The van der Waals surface area contributed by atoms with Crippen molar-refractivity contribution in [3.63, 3.8) is 0 Å². The van der Waals surface area contributed by atoms with E-state index in [-0.39, 0.29) is 4.90 Å². The zero-order chi connectivity index (χ0) is 11.5. The van der Waals surface area contributed by atoms with Gasteiger partial charge in [0.25, 0.3) is 0 Å². The van der Waals surface area contributed by atoms with Gasteiger partial charge in [-0.15, -0.1) is 0 Å². The van der Waals surface area contributed by atoms with Crippen molar-refractivity contribution in [1.82, 2.24) is 0 Å². The maximum Gasteiger partial charge on any atom is 0.238 e. The lowest BCUT2D eigenvalue weighted by Gasteiger charge is -2.09. The molecule has 0 aliphatic rings. The summed E-state index contributed by atoms with van der Waals surface area (Å²) in [6, 6.07) is 5.91. The van der Waals surface area contributed by atoms with Gasteiger partial charge in [-0.25, -0.2) is 13.6 Å². The molecule has 15 heavy (non-hydrogen) atoms. The third kappa shape index (κ3) is 2.85. The first-order chi connectivity index (χ1) is 6.99. The van der Waals surface area contributed by atoms with Gasteiger partial charge in [0.1, 0.15) is 6.10 Å². The Morgan fingerprint density at radius 1 is 1.40 bits per heavy atom. The van der Waals surface area contributed by atoms with Gasteiger partial charge in [-0.3, -0.25) is 0 Å². The summed E-state index contributed by atoms with van der Waals surface area (Å²) in [4.78, 5) is 0.0473. The molecule has 0 spiro atoms. The van der Waals surface area contributed by atoms with Crippen LogP contribution in [0.25, 0.3) is 0 Å². The first-order valence-electron chi connectivity index (χ1n) is 4.15. The Hall–Kier alpha value is -1.24. The monoisotopic (exact) mass is 228 g/mol. The van der Waals surface area contributed by atoms with E-state index in [1.54, 1.807) is 12.1 Å². The Balaban J connectivity index is 3.05. The van der Waals surface area contributed by atoms with Crippen molar-refractivity contribution in [1.29, 1.82) is 5.41 Å². The third-order valence-electron chi connectivity index (χ3n) is 1.94. The number of primary sulfonamides is 1. The van der Waals surface area contributed by atoms with Crippen molar-refractivity contribution in [2.24, 2.45) is 5.14 Å². The van der Waals surface area contributed by atoms with Crippen molar-refractivity contribution in [2.75, 3.05) is 7.11 Å². The molecule has 1 unspecified atom stereocenters. The lowest BCUT2D eigenvalue weighted by Crippen LogP contribution is -2.12. The Morgan fingerprint density at radius 3 is 2.27 bits per heavy atom. The minimum atomic E-state index is -3.66. The summed E-state index contributed by atoms with van der Waals surface area (Å²) in [6.07, 6.45) is 0.672. The zero-order valence-electron chi connectivity index (χ0n) is 8.17. The number of nitrogens with one attached hydrogen (secondary N) is 1. The van der Waals surface area contributed by atoms with E-state index in [1.165, 1.54) is 19.2 Å². The molecule has 0 fully saturated rings. The molecule has 0 aromatic heterocycles. The van der Waals surface area contributed by atoms with Crippen molar-refractivity contribution < 1.29 is 13.2 Å². The molecule has 3 N–H and O–H groups in total. The van der Waals surface area contributed by atoms with Crippen molar-refractivity contribution in [2.45, 2.75) is 11.0 Å². The molecular formula is C9H12N2O3S. The highest BCUT2D eigenvalue weighted by Crippen LogP contribution is 2.16. The van der Waals surface area contributed by atoms with E-state index in [0.717, 1.165) is 6.21 Å². The molecule has 82 valence electrons. The molecule has 1 aromatic carbocycles. The molecule has 0 heterocycles. The van der Waals surface area contributed by atoms with Crippen molar-refractivity contribution in [3.05, 3.63) is 29.8 Å². The first kappa shape index (κ1) is 11.8. The lowest BCUT2D eigenvalue weighted by atomic mass is 10.1. The van der Waals surface area contributed by atoms with Gasteiger partial charge < -0.3 is 10.1 Å². The van der Waals surface area contributed by atoms with Crippen LogP contribution in [0.2, 0.25) is 0 Å². The smallest absolute Gasteiger partial charge is 0.238 e. The van der Waals surface area contributed by atoms with E-state index in [1.807, 2.05) is 0 Å². The van der Waals surface area contributed by atoms with Gasteiger partial charge in [-0.2, -0.15) is 0 Å². The van der Waals surface area contributed by atoms with Crippen LogP contribution in [0.4, 0.5) is 0 Å². The highest BCUT2D eigenvalue weighted by atomic mass is 32.2. The molecule has 0 amide bonds. The molecule has 1 rings (SSSR count). The van der Waals surface area contributed by atoms with E-state index in [9.17, 15) is 8.42 Å². The van der Waals surface area contributed by atoms with Gasteiger partial charge in [-0.1, -0.05) is 12.1 Å². The van der Waals surface area contributed by atoms with Gasteiger partial charge in [-0.05, 0) is 17.7 Å². The normalized spacial score (nSPS) is 13.5. The summed E-state index contributed by atoms with van der Waals surface area (Å²) in [5.74, 6) is 0. The minimum Gasteiger partial charge on any atom is -0.371 e. The average Bonchev–Trinajstić information content (AvgIpc) is 2.19. The summed E-state index contributed by atoms with van der Waals surface area (Å²) in [7, 11) is -2.18. The minimum absolute atomic E-state index is 0.0473. The summed E-state index contributed by atoms with van der Waals surface area (Å²) in [6.45, 7) is 0. The summed E-state index contributed by atoms with van der Waals surface area (Å²) in [5.41, 5.74) is 0.708. The van der Waals surface area contributed by atoms with Crippen LogP contribution in [0, 0.1) is 5.41 Å². The summed E-state index contributed by atoms with van der Waals surface area (Å²) >= 11 is 0. The predicted molar refractivity (Wildman–Crippen MR) is 56.3 cm³/mol. The fourth-order valence-electron chi connectivity index (χ4n) is 1.15. The van der Waals surface area contributed by atoms with Crippen LogP contribution >= 0.6 is 0 Å². The van der Waals surface area contributed by atoms with Crippen LogP contribution in [-0.4, -0.2) is 21.7 Å². The summed E-state index contributed by atoms with van der Waals surface area (Å²) < 4.78 is 26.9. The Morgan fingerprint density at radius 2 is 1.93 bits per heavy atom. The number of methoxy groups -OCH3 is 1. The molecule has 5 nitrogen and oxygen atoms in total. The molecule has 1 aromatic rings. The van der Waals surface area contributed by atoms with Crippen LogP contribution in [0.5, 0.6) is 0 Å². The van der Waals surface area contributed by atoms with Gasteiger partial charge in [0.15, 0.2) is 0 Å². The number of benzene rings is 1. The Bertz CT molecular complexity index is 439. The van der Waals surface area contributed by atoms with Gasteiger partial charge in [0, 0.05) is 13.3 Å². The van der Waals surface area contributed by atoms with E-state index in [2.05, 4.69) is 0 Å². The molecule has 0 radical (unpaired) electrons. The number of sulfonamides is 1. The second-order valence-electron chi connectivity index (χ2n) is 2.94. The lowest BCUT2D eigenvalue weighted by molar-refractivity contribution is 0.161. The Kier molecular flexibility index (Phi) is 3.57. The fraction of sp³-hybridized carbons (Fsp3) is 0.222. The molecule has 0 saturated carbocycles.